The molecule has 1 nitrogen and oxygen atoms in total. The van der Waals surface area contributed by atoms with Crippen molar-refractivity contribution >= 4 is 17.1 Å². The van der Waals surface area contributed by atoms with Crippen LogP contribution in [0.3, 0.4) is 0 Å². The number of anilines is 3. The van der Waals surface area contributed by atoms with E-state index in [1.165, 1.54) is 148 Å². The minimum absolute atomic E-state index is 0.00629. The van der Waals surface area contributed by atoms with Crippen LogP contribution < -0.4 is 4.90 Å². The van der Waals surface area contributed by atoms with Gasteiger partial charge in [0.1, 0.15) is 0 Å². The third-order valence-electron chi connectivity index (χ3n) is 14.3. The summed E-state index contributed by atoms with van der Waals surface area (Å²) in [6, 6.07) is 49.8. The number of hydrogen-bond donors (Lipinski definition) is 0. The van der Waals surface area contributed by atoms with Gasteiger partial charge >= 0.3 is 0 Å². The first-order valence-electron chi connectivity index (χ1n) is 21.3. The number of rotatable bonds is 6. The van der Waals surface area contributed by atoms with Crippen molar-refractivity contribution < 1.29 is 0 Å². The first kappa shape index (κ1) is 34.6. The van der Waals surface area contributed by atoms with E-state index in [4.69, 9.17) is 0 Å². The third kappa shape index (κ3) is 5.72. The molecule has 6 aromatic rings. The summed E-state index contributed by atoms with van der Waals surface area (Å²) in [6.07, 6.45) is 13.5. The van der Waals surface area contributed by atoms with E-state index in [-0.39, 0.29) is 10.8 Å². The highest BCUT2D eigenvalue weighted by Gasteiger charge is 2.39. The minimum atomic E-state index is -0.136. The van der Waals surface area contributed by atoms with E-state index in [1.807, 2.05) is 0 Å². The van der Waals surface area contributed by atoms with Crippen molar-refractivity contribution in [1.29, 1.82) is 0 Å². The quantitative estimate of drug-likeness (QED) is 0.166. The molecular weight excluding hydrogens is 663 g/mol. The highest BCUT2D eigenvalue weighted by molar-refractivity contribution is 5.95. The average Bonchev–Trinajstić information content (AvgIpc) is 3.61. The van der Waals surface area contributed by atoms with Crippen molar-refractivity contribution in [3.05, 3.63) is 161 Å². The van der Waals surface area contributed by atoms with Gasteiger partial charge in [0, 0.05) is 27.9 Å². The molecular formula is C54H55N. The summed E-state index contributed by atoms with van der Waals surface area (Å²) in [6.45, 7) is 9.59. The molecule has 0 aromatic heterocycles. The molecule has 0 spiro atoms. The fourth-order valence-corrected chi connectivity index (χ4v) is 11.2. The SMILES string of the molecule is CC1(C)c2ccccc2-c2cc(-c3cccc4c3-c3ccc(N(c5ccc(C6CCCCC6)cc5)c5ccc(C6CCCCC6)cc5)cc3C4(C)C)ccc21. The van der Waals surface area contributed by atoms with Crippen LogP contribution in [0.25, 0.3) is 33.4 Å². The largest absolute Gasteiger partial charge is 0.310 e. The molecule has 276 valence electrons. The average molecular weight is 718 g/mol. The summed E-state index contributed by atoms with van der Waals surface area (Å²) in [7, 11) is 0. The molecule has 4 aliphatic carbocycles. The molecule has 0 unspecified atom stereocenters. The van der Waals surface area contributed by atoms with Gasteiger partial charge in [0.25, 0.3) is 0 Å². The topological polar surface area (TPSA) is 3.24 Å². The summed E-state index contributed by atoms with van der Waals surface area (Å²) in [5.74, 6) is 1.40. The Morgan fingerprint density at radius 1 is 0.400 bits per heavy atom. The van der Waals surface area contributed by atoms with Crippen molar-refractivity contribution in [2.45, 2.75) is 115 Å². The molecule has 0 N–H and O–H groups in total. The highest BCUT2D eigenvalue weighted by atomic mass is 15.1. The van der Waals surface area contributed by atoms with Crippen LogP contribution in [0.4, 0.5) is 17.1 Å². The predicted octanol–water partition coefficient (Wildman–Crippen LogP) is 15.5. The maximum absolute atomic E-state index is 2.51. The van der Waals surface area contributed by atoms with Gasteiger partial charge in [-0.15, -0.1) is 0 Å². The van der Waals surface area contributed by atoms with Gasteiger partial charge in [0.15, 0.2) is 0 Å². The zero-order valence-electron chi connectivity index (χ0n) is 33.3. The van der Waals surface area contributed by atoms with E-state index < -0.39 is 0 Å². The molecule has 6 aromatic carbocycles. The Bertz CT molecular complexity index is 2320. The van der Waals surface area contributed by atoms with Gasteiger partial charge in [-0.1, -0.05) is 151 Å². The Labute approximate surface area is 329 Å². The van der Waals surface area contributed by atoms with Crippen molar-refractivity contribution in [3.63, 3.8) is 0 Å². The Balaban J connectivity index is 1.06. The van der Waals surface area contributed by atoms with Crippen LogP contribution in [-0.4, -0.2) is 0 Å². The van der Waals surface area contributed by atoms with Gasteiger partial charge in [-0.3, -0.25) is 0 Å². The van der Waals surface area contributed by atoms with E-state index in [9.17, 15) is 0 Å². The number of hydrogen-bond acceptors (Lipinski definition) is 1. The molecule has 55 heavy (non-hydrogen) atoms. The minimum Gasteiger partial charge on any atom is -0.310 e. The maximum atomic E-state index is 2.51. The fourth-order valence-electron chi connectivity index (χ4n) is 11.2. The predicted molar refractivity (Wildman–Crippen MR) is 233 cm³/mol. The van der Waals surface area contributed by atoms with Crippen LogP contribution in [-0.2, 0) is 10.8 Å². The maximum Gasteiger partial charge on any atom is 0.0465 e. The van der Waals surface area contributed by atoms with Crippen LogP contribution in [0.15, 0.2) is 127 Å². The van der Waals surface area contributed by atoms with Gasteiger partial charge in [0.2, 0.25) is 0 Å². The van der Waals surface area contributed by atoms with Crippen LogP contribution in [0, 0.1) is 0 Å². The molecule has 1 heteroatoms. The lowest BCUT2D eigenvalue weighted by atomic mass is 9.81. The Morgan fingerprint density at radius 3 is 1.56 bits per heavy atom. The van der Waals surface area contributed by atoms with Crippen molar-refractivity contribution in [3.8, 4) is 33.4 Å². The van der Waals surface area contributed by atoms with E-state index in [0.29, 0.717) is 11.8 Å². The lowest BCUT2D eigenvalue weighted by molar-refractivity contribution is 0.443. The Morgan fingerprint density at radius 2 is 0.927 bits per heavy atom. The zero-order valence-corrected chi connectivity index (χ0v) is 33.3. The highest BCUT2D eigenvalue weighted by Crippen LogP contribution is 2.55. The summed E-state index contributed by atoms with van der Waals surface area (Å²) in [5.41, 5.74) is 20.4. The standard InChI is InChI=1S/C54H55N/c1-53(2)48-20-12-11-18-45(48)47-34-40(26-33-49(47)53)44-19-13-21-50-52(44)46-32-31-43(35-51(46)54(50,3)4)55(41-27-22-38(23-28-41)36-14-7-5-8-15-36)42-29-24-39(25-30-42)37-16-9-6-10-17-37/h11-13,18-37H,5-10,14-17H2,1-4H3. The van der Waals surface area contributed by atoms with E-state index in [2.05, 4.69) is 160 Å². The van der Waals surface area contributed by atoms with Crippen molar-refractivity contribution in [1.82, 2.24) is 0 Å². The van der Waals surface area contributed by atoms with Gasteiger partial charge in [-0.25, -0.2) is 0 Å². The Kier molecular flexibility index (Phi) is 8.43. The molecule has 0 atom stereocenters. The van der Waals surface area contributed by atoms with Gasteiger partial charge < -0.3 is 4.90 Å². The lowest BCUT2D eigenvalue weighted by Gasteiger charge is -2.29. The first-order chi connectivity index (χ1) is 26.8. The second-order valence-corrected chi connectivity index (χ2v) is 18.2. The summed E-state index contributed by atoms with van der Waals surface area (Å²) in [4.78, 5) is 2.51. The first-order valence-corrected chi connectivity index (χ1v) is 21.3. The smallest absolute Gasteiger partial charge is 0.0465 e. The number of nitrogens with zero attached hydrogens (tertiary/aromatic N) is 1. The molecule has 0 saturated heterocycles. The molecule has 0 amide bonds. The van der Waals surface area contributed by atoms with Crippen LogP contribution in [0.2, 0.25) is 0 Å². The molecule has 0 radical (unpaired) electrons. The van der Waals surface area contributed by atoms with Gasteiger partial charge in [-0.05, 0) is 147 Å². The number of benzene rings is 6. The van der Waals surface area contributed by atoms with Crippen molar-refractivity contribution in [2.75, 3.05) is 4.90 Å². The Hall–Kier alpha value is -4.88. The van der Waals surface area contributed by atoms with E-state index >= 15 is 0 Å². The van der Waals surface area contributed by atoms with Crippen LogP contribution in [0.1, 0.15) is 137 Å². The van der Waals surface area contributed by atoms with E-state index in [0.717, 1.165) is 0 Å². The molecule has 2 saturated carbocycles. The molecule has 0 heterocycles. The van der Waals surface area contributed by atoms with Crippen LogP contribution >= 0.6 is 0 Å². The van der Waals surface area contributed by atoms with Crippen molar-refractivity contribution in [2.24, 2.45) is 0 Å². The summed E-state index contributed by atoms with van der Waals surface area (Å²) >= 11 is 0. The third-order valence-corrected chi connectivity index (χ3v) is 14.3. The second kappa shape index (κ2) is 13.4. The summed E-state index contributed by atoms with van der Waals surface area (Å²) in [5, 5.41) is 0. The second-order valence-electron chi connectivity index (χ2n) is 18.2. The molecule has 0 aliphatic heterocycles. The molecule has 10 rings (SSSR count). The van der Waals surface area contributed by atoms with Gasteiger partial charge in [-0.2, -0.15) is 0 Å². The summed E-state index contributed by atoms with van der Waals surface area (Å²) < 4.78 is 0. The monoisotopic (exact) mass is 717 g/mol. The zero-order chi connectivity index (χ0) is 37.3. The van der Waals surface area contributed by atoms with Crippen LogP contribution in [0.5, 0.6) is 0 Å². The normalized spacial score (nSPS) is 18.3. The van der Waals surface area contributed by atoms with E-state index in [1.54, 1.807) is 0 Å². The lowest BCUT2D eigenvalue weighted by Crippen LogP contribution is -2.16. The molecule has 4 aliphatic rings. The number of fused-ring (bicyclic) bond motifs is 6. The van der Waals surface area contributed by atoms with Gasteiger partial charge in [0.05, 0.1) is 0 Å². The molecule has 0 bridgehead atoms. The molecule has 2 fully saturated rings. The fraction of sp³-hybridized carbons (Fsp3) is 0.333.